The second kappa shape index (κ2) is 6.10. The lowest BCUT2D eigenvalue weighted by Crippen LogP contribution is -2.23. The number of aromatic nitrogens is 1. The van der Waals surface area contributed by atoms with E-state index >= 15 is 0 Å². The van der Waals surface area contributed by atoms with Gasteiger partial charge < -0.3 is 5.11 Å². The van der Waals surface area contributed by atoms with Crippen LogP contribution in [0.1, 0.15) is 10.6 Å². The Balaban J connectivity index is 2.16. The minimum absolute atomic E-state index is 0.125. The fourth-order valence-electron chi connectivity index (χ4n) is 1.41. The molecule has 0 amide bonds. The van der Waals surface area contributed by atoms with Gasteiger partial charge in [0.1, 0.15) is 4.90 Å². The van der Waals surface area contributed by atoms with Crippen molar-refractivity contribution in [2.45, 2.75) is 18.0 Å². The van der Waals surface area contributed by atoms with Gasteiger partial charge >= 0.3 is 0 Å². The van der Waals surface area contributed by atoms with E-state index in [4.69, 9.17) is 5.11 Å². The fourth-order valence-corrected chi connectivity index (χ4v) is 4.95. The molecule has 8 heteroatoms. The number of rotatable bonds is 5. The molecule has 0 aliphatic heterocycles. The van der Waals surface area contributed by atoms with Gasteiger partial charge in [0.15, 0.2) is 0 Å². The maximum atomic E-state index is 12.1. The Hall–Kier alpha value is -0.800. The van der Waals surface area contributed by atoms with Crippen LogP contribution in [0.2, 0.25) is 0 Å². The number of aliphatic hydroxyl groups is 1. The Morgan fingerprint density at radius 3 is 2.79 bits per heavy atom. The van der Waals surface area contributed by atoms with E-state index in [-0.39, 0.29) is 18.0 Å². The van der Waals surface area contributed by atoms with Crippen LogP contribution in [-0.4, -0.2) is 18.5 Å². The Labute approximate surface area is 123 Å². The number of halogens is 1. The van der Waals surface area contributed by atoms with Crippen LogP contribution in [0.25, 0.3) is 0 Å². The van der Waals surface area contributed by atoms with Crippen LogP contribution >= 0.6 is 27.3 Å². The van der Waals surface area contributed by atoms with Crippen LogP contribution in [-0.2, 0) is 23.2 Å². The summed E-state index contributed by atoms with van der Waals surface area (Å²) in [4.78, 5) is 4.77. The van der Waals surface area contributed by atoms with E-state index in [9.17, 15) is 8.42 Å². The van der Waals surface area contributed by atoms with E-state index in [0.29, 0.717) is 14.4 Å². The maximum Gasteiger partial charge on any atom is 0.242 e. The van der Waals surface area contributed by atoms with Gasteiger partial charge in [-0.05, 0) is 34.1 Å². The maximum absolute atomic E-state index is 12.1. The van der Waals surface area contributed by atoms with Crippen LogP contribution in [0.5, 0.6) is 0 Å². The molecule has 2 rings (SSSR count). The molecule has 2 N–H and O–H groups in total. The number of nitrogens with zero attached hydrogens (tertiary/aromatic N) is 1. The fraction of sp³-hybridized carbons (Fsp3) is 0.182. The SMILES string of the molecule is O=S(=O)(NCc1ccccn1)c1cc(CO)sc1Br. The summed E-state index contributed by atoms with van der Waals surface area (Å²) in [5.41, 5.74) is 0.639. The van der Waals surface area contributed by atoms with E-state index in [1.54, 1.807) is 24.4 Å². The molecular weight excluding hydrogens is 352 g/mol. The Bertz CT molecular complexity index is 656. The molecule has 0 saturated heterocycles. The lowest BCUT2D eigenvalue weighted by Gasteiger charge is -2.05. The minimum atomic E-state index is -3.62. The number of sulfonamides is 1. The standard InChI is InChI=1S/C11H11BrN2O3S2/c12-11-10(5-9(7-15)18-11)19(16,17)14-6-8-3-1-2-4-13-8/h1-5,14-15H,6-7H2. The van der Waals surface area contributed by atoms with Crippen molar-refractivity contribution in [2.75, 3.05) is 0 Å². The van der Waals surface area contributed by atoms with Crippen molar-refractivity contribution < 1.29 is 13.5 Å². The third-order valence-corrected chi connectivity index (χ3v) is 5.96. The van der Waals surface area contributed by atoms with E-state index in [0.717, 1.165) is 0 Å². The molecule has 2 aromatic heterocycles. The Kier molecular flexibility index (Phi) is 4.69. The third kappa shape index (κ3) is 3.61. The van der Waals surface area contributed by atoms with Gasteiger partial charge in [-0.3, -0.25) is 4.98 Å². The van der Waals surface area contributed by atoms with Gasteiger partial charge in [0.25, 0.3) is 0 Å². The highest BCUT2D eigenvalue weighted by Crippen LogP contribution is 2.31. The molecule has 0 aliphatic carbocycles. The molecule has 0 bridgehead atoms. The topological polar surface area (TPSA) is 79.3 Å². The van der Waals surface area contributed by atoms with Crippen LogP contribution in [0.3, 0.4) is 0 Å². The molecule has 0 spiro atoms. The first-order valence-corrected chi connectivity index (χ1v) is 8.41. The largest absolute Gasteiger partial charge is 0.391 e. The van der Waals surface area contributed by atoms with Crippen molar-refractivity contribution in [2.24, 2.45) is 0 Å². The van der Waals surface area contributed by atoms with Crippen molar-refractivity contribution in [3.63, 3.8) is 0 Å². The predicted octanol–water partition coefficient (Wildman–Crippen LogP) is 1.88. The molecule has 0 atom stereocenters. The summed E-state index contributed by atoms with van der Waals surface area (Å²) in [6, 6.07) is 6.75. The van der Waals surface area contributed by atoms with E-state index in [2.05, 4.69) is 25.6 Å². The molecule has 0 saturated carbocycles. The average molecular weight is 363 g/mol. The predicted molar refractivity (Wildman–Crippen MR) is 76.2 cm³/mol. The smallest absolute Gasteiger partial charge is 0.242 e. The molecule has 5 nitrogen and oxygen atoms in total. The van der Waals surface area contributed by atoms with E-state index in [1.807, 2.05) is 0 Å². The zero-order valence-electron chi connectivity index (χ0n) is 9.71. The molecule has 0 aromatic carbocycles. The van der Waals surface area contributed by atoms with Gasteiger partial charge in [-0.15, -0.1) is 11.3 Å². The monoisotopic (exact) mass is 362 g/mol. The summed E-state index contributed by atoms with van der Waals surface area (Å²) in [5, 5.41) is 9.01. The molecular formula is C11H11BrN2O3S2. The van der Waals surface area contributed by atoms with Crippen molar-refractivity contribution in [3.8, 4) is 0 Å². The van der Waals surface area contributed by atoms with Crippen LogP contribution in [0.4, 0.5) is 0 Å². The van der Waals surface area contributed by atoms with Gasteiger partial charge in [0.05, 0.1) is 22.6 Å². The van der Waals surface area contributed by atoms with Crippen molar-refractivity contribution >= 4 is 37.3 Å². The van der Waals surface area contributed by atoms with Crippen molar-refractivity contribution in [3.05, 3.63) is 44.8 Å². The minimum Gasteiger partial charge on any atom is -0.391 e. The van der Waals surface area contributed by atoms with Crippen LogP contribution < -0.4 is 4.72 Å². The summed E-state index contributed by atoms with van der Waals surface area (Å²) >= 11 is 4.39. The van der Waals surface area contributed by atoms with Crippen LogP contribution in [0, 0.1) is 0 Å². The van der Waals surface area contributed by atoms with E-state index in [1.165, 1.54) is 17.4 Å². The highest BCUT2D eigenvalue weighted by molar-refractivity contribution is 9.11. The number of aliphatic hydroxyl groups excluding tert-OH is 1. The second-order valence-electron chi connectivity index (χ2n) is 3.65. The Morgan fingerprint density at radius 2 is 2.21 bits per heavy atom. The highest BCUT2D eigenvalue weighted by atomic mass is 79.9. The highest BCUT2D eigenvalue weighted by Gasteiger charge is 2.20. The lowest BCUT2D eigenvalue weighted by molar-refractivity contribution is 0.285. The third-order valence-electron chi connectivity index (χ3n) is 2.32. The average Bonchev–Trinajstić information content (AvgIpc) is 2.80. The van der Waals surface area contributed by atoms with Gasteiger partial charge in [-0.1, -0.05) is 6.07 Å². The van der Waals surface area contributed by atoms with Gasteiger partial charge in [-0.2, -0.15) is 0 Å². The summed E-state index contributed by atoms with van der Waals surface area (Å²) in [5.74, 6) is 0. The van der Waals surface area contributed by atoms with Gasteiger partial charge in [0, 0.05) is 11.1 Å². The number of thiophene rings is 1. The molecule has 0 radical (unpaired) electrons. The molecule has 0 fully saturated rings. The Morgan fingerprint density at radius 1 is 1.42 bits per heavy atom. The number of nitrogens with one attached hydrogen (secondary N) is 1. The zero-order chi connectivity index (χ0) is 13.9. The number of pyridine rings is 1. The second-order valence-corrected chi connectivity index (χ2v) is 7.84. The van der Waals surface area contributed by atoms with Gasteiger partial charge in [0.2, 0.25) is 10.0 Å². The van der Waals surface area contributed by atoms with Crippen LogP contribution in [0.15, 0.2) is 39.1 Å². The normalized spacial score (nSPS) is 11.7. The molecule has 102 valence electrons. The number of hydrogen-bond donors (Lipinski definition) is 2. The molecule has 2 aromatic rings. The van der Waals surface area contributed by atoms with Crippen molar-refractivity contribution in [1.29, 1.82) is 0 Å². The molecule has 0 aliphatic rings. The molecule has 0 unspecified atom stereocenters. The summed E-state index contributed by atoms with van der Waals surface area (Å²) in [6.07, 6.45) is 1.61. The van der Waals surface area contributed by atoms with E-state index < -0.39 is 10.0 Å². The lowest BCUT2D eigenvalue weighted by atomic mass is 10.4. The van der Waals surface area contributed by atoms with Gasteiger partial charge in [-0.25, -0.2) is 13.1 Å². The summed E-state index contributed by atoms with van der Waals surface area (Å²) in [6.45, 7) is -0.0566. The quantitative estimate of drug-likeness (QED) is 0.850. The first-order valence-electron chi connectivity index (χ1n) is 5.31. The molecule has 2 heterocycles. The number of hydrogen-bond acceptors (Lipinski definition) is 5. The first kappa shape index (κ1) is 14.6. The first-order chi connectivity index (χ1) is 9.03. The summed E-state index contributed by atoms with van der Waals surface area (Å²) in [7, 11) is -3.62. The summed E-state index contributed by atoms with van der Waals surface area (Å²) < 4.78 is 27.2. The van der Waals surface area contributed by atoms with Crippen molar-refractivity contribution in [1.82, 2.24) is 9.71 Å². The molecule has 19 heavy (non-hydrogen) atoms. The zero-order valence-corrected chi connectivity index (χ0v) is 12.9.